The third-order valence-corrected chi connectivity index (χ3v) is 7.68. The Hall–Kier alpha value is -1.60. The molecule has 4 fully saturated rings. The fourth-order valence-corrected chi connectivity index (χ4v) is 6.63. The van der Waals surface area contributed by atoms with Crippen molar-refractivity contribution in [2.75, 3.05) is 0 Å². The SMILES string of the molecule is [C-]#[N+]C(=C1C2CC3CC(C2)CC1C3)S(=O)(=O)c1ccc(C)cc1. The zero-order valence-electron chi connectivity index (χ0n) is 13.3. The molecule has 0 saturated heterocycles. The average Bonchev–Trinajstić information content (AvgIpc) is 2.50. The van der Waals surface area contributed by atoms with E-state index in [9.17, 15) is 8.42 Å². The van der Waals surface area contributed by atoms with Crippen LogP contribution in [0.1, 0.15) is 37.7 Å². The second-order valence-corrected chi connectivity index (χ2v) is 9.36. The molecule has 4 heteroatoms. The largest absolute Gasteiger partial charge is 0.282 e. The third kappa shape index (κ3) is 2.33. The molecule has 0 atom stereocenters. The van der Waals surface area contributed by atoms with Gasteiger partial charge in [-0.25, -0.2) is 13.3 Å². The minimum atomic E-state index is -3.69. The lowest BCUT2D eigenvalue weighted by atomic mass is 9.54. The van der Waals surface area contributed by atoms with Gasteiger partial charge in [0.25, 0.3) is 5.03 Å². The molecule has 1 aromatic carbocycles. The van der Waals surface area contributed by atoms with Gasteiger partial charge in [-0.3, -0.25) is 0 Å². The highest BCUT2D eigenvalue weighted by atomic mass is 32.2. The topological polar surface area (TPSA) is 38.5 Å². The van der Waals surface area contributed by atoms with Crippen LogP contribution >= 0.6 is 0 Å². The molecule has 0 heterocycles. The molecule has 4 aliphatic rings. The van der Waals surface area contributed by atoms with Crippen LogP contribution in [0, 0.1) is 37.2 Å². The highest BCUT2D eigenvalue weighted by Gasteiger charge is 2.47. The van der Waals surface area contributed by atoms with Crippen LogP contribution < -0.4 is 0 Å². The summed E-state index contributed by atoms with van der Waals surface area (Å²) in [4.78, 5) is 3.81. The van der Waals surface area contributed by atoms with Gasteiger partial charge in [0, 0.05) is 0 Å². The van der Waals surface area contributed by atoms with Crippen molar-refractivity contribution in [2.24, 2.45) is 23.7 Å². The second-order valence-electron chi connectivity index (χ2n) is 7.49. The number of hydrogen-bond acceptors (Lipinski definition) is 2. The molecule has 0 amide bonds. The number of allylic oxidation sites excluding steroid dienone is 1. The molecule has 1 aromatic rings. The number of nitrogens with zero attached hydrogens (tertiary/aromatic N) is 1. The Bertz CT molecular complexity index is 782. The molecule has 0 spiro atoms. The smallest absolute Gasteiger partial charge is 0.230 e. The lowest BCUT2D eigenvalue weighted by Crippen LogP contribution is -2.41. The van der Waals surface area contributed by atoms with Crippen molar-refractivity contribution in [1.29, 1.82) is 0 Å². The molecule has 3 nitrogen and oxygen atoms in total. The monoisotopic (exact) mass is 327 g/mol. The van der Waals surface area contributed by atoms with Gasteiger partial charge in [-0.05, 0) is 80.4 Å². The van der Waals surface area contributed by atoms with Crippen molar-refractivity contribution in [1.82, 2.24) is 0 Å². The summed E-state index contributed by atoms with van der Waals surface area (Å²) in [6.07, 6.45) is 5.67. The molecule has 0 aromatic heterocycles. The van der Waals surface area contributed by atoms with Gasteiger partial charge < -0.3 is 0 Å². The Kier molecular flexibility index (Phi) is 3.39. The molecule has 5 rings (SSSR count). The predicted octanol–water partition coefficient (Wildman–Crippen LogP) is 4.36. The second kappa shape index (κ2) is 5.21. The summed E-state index contributed by atoms with van der Waals surface area (Å²) >= 11 is 0. The maximum absolute atomic E-state index is 13.0. The first-order valence-corrected chi connectivity index (χ1v) is 9.90. The van der Waals surface area contributed by atoms with Crippen LogP contribution in [0.25, 0.3) is 4.85 Å². The van der Waals surface area contributed by atoms with Gasteiger partial charge in [0.1, 0.15) is 0 Å². The average molecular weight is 327 g/mol. The molecule has 23 heavy (non-hydrogen) atoms. The van der Waals surface area contributed by atoms with Crippen molar-refractivity contribution in [3.8, 4) is 0 Å². The Morgan fingerprint density at radius 3 is 2.00 bits per heavy atom. The number of hydrogen-bond donors (Lipinski definition) is 0. The minimum absolute atomic E-state index is 0.0372. The Morgan fingerprint density at radius 2 is 1.52 bits per heavy atom. The summed E-state index contributed by atoms with van der Waals surface area (Å²) in [6, 6.07) is 6.87. The van der Waals surface area contributed by atoms with Crippen LogP contribution in [0.15, 0.2) is 39.8 Å². The number of rotatable bonds is 2. The fourth-order valence-electron chi connectivity index (χ4n) is 5.15. The summed E-state index contributed by atoms with van der Waals surface area (Å²) in [7, 11) is -3.69. The van der Waals surface area contributed by atoms with Gasteiger partial charge in [0.05, 0.1) is 11.5 Å². The van der Waals surface area contributed by atoms with E-state index < -0.39 is 9.84 Å². The predicted molar refractivity (Wildman–Crippen MR) is 89.0 cm³/mol. The van der Waals surface area contributed by atoms with Crippen molar-refractivity contribution < 1.29 is 8.42 Å². The van der Waals surface area contributed by atoms with E-state index >= 15 is 0 Å². The van der Waals surface area contributed by atoms with Crippen LogP contribution in [-0.2, 0) is 9.84 Å². The summed E-state index contributed by atoms with van der Waals surface area (Å²) in [5.41, 5.74) is 1.99. The maximum atomic E-state index is 13.0. The molecule has 0 N–H and O–H groups in total. The van der Waals surface area contributed by atoms with E-state index in [1.54, 1.807) is 24.3 Å². The Labute approximate surface area is 138 Å². The van der Waals surface area contributed by atoms with Crippen LogP contribution in [-0.4, -0.2) is 8.42 Å². The zero-order chi connectivity index (χ0) is 16.2. The van der Waals surface area contributed by atoms with E-state index in [2.05, 4.69) is 4.85 Å². The highest BCUT2D eigenvalue weighted by Crippen LogP contribution is 2.57. The summed E-state index contributed by atoms with van der Waals surface area (Å²) in [5.74, 6) is 2.18. The van der Waals surface area contributed by atoms with Crippen molar-refractivity contribution in [3.63, 3.8) is 0 Å². The van der Waals surface area contributed by atoms with Crippen LogP contribution in [0.2, 0.25) is 0 Å². The van der Waals surface area contributed by atoms with Gasteiger partial charge >= 0.3 is 0 Å². The third-order valence-electron chi connectivity index (χ3n) is 5.95. The minimum Gasteiger partial charge on any atom is -0.230 e. The van der Waals surface area contributed by atoms with Gasteiger partial charge in [0.15, 0.2) is 0 Å². The highest BCUT2D eigenvalue weighted by molar-refractivity contribution is 7.95. The van der Waals surface area contributed by atoms with E-state index in [0.717, 1.165) is 48.7 Å². The molecule has 0 radical (unpaired) electrons. The maximum Gasteiger partial charge on any atom is 0.282 e. The van der Waals surface area contributed by atoms with Gasteiger partial charge in [0.2, 0.25) is 9.84 Å². The lowest BCUT2D eigenvalue weighted by molar-refractivity contribution is 0.0693. The fraction of sp³-hybridized carbons (Fsp3) is 0.526. The quantitative estimate of drug-likeness (QED) is 0.757. The standard InChI is InChI=1S/C19H21NO2S/c1-12-3-5-17(6-4-12)23(21,22)19(20-2)18-15-8-13-7-14(10-15)11-16(18)9-13/h3-6,13-16H,7-11H2,1H3. The number of aryl methyl sites for hydroxylation is 1. The molecule has 0 unspecified atom stereocenters. The van der Waals surface area contributed by atoms with Crippen LogP contribution in [0.5, 0.6) is 0 Å². The molecule has 0 aliphatic heterocycles. The molecular weight excluding hydrogens is 306 g/mol. The Morgan fingerprint density at radius 1 is 1.00 bits per heavy atom. The molecule has 4 aliphatic carbocycles. The normalized spacial score (nSPS) is 31.9. The lowest BCUT2D eigenvalue weighted by Gasteiger charge is -2.51. The summed E-state index contributed by atoms with van der Waals surface area (Å²) in [5, 5.41) is 0.0372. The zero-order valence-corrected chi connectivity index (χ0v) is 14.1. The van der Waals surface area contributed by atoms with Gasteiger partial charge in [-0.1, -0.05) is 17.7 Å². The van der Waals surface area contributed by atoms with E-state index in [-0.39, 0.29) is 9.92 Å². The molecule has 4 bridgehead atoms. The van der Waals surface area contributed by atoms with E-state index in [1.807, 2.05) is 6.92 Å². The van der Waals surface area contributed by atoms with Crippen molar-refractivity contribution in [3.05, 3.63) is 51.8 Å². The number of sulfone groups is 1. The number of benzene rings is 1. The first-order valence-electron chi connectivity index (χ1n) is 8.42. The van der Waals surface area contributed by atoms with Gasteiger partial charge in [-0.15, -0.1) is 0 Å². The molecular formula is C19H21NO2S. The van der Waals surface area contributed by atoms with Gasteiger partial charge in [-0.2, -0.15) is 0 Å². The van der Waals surface area contributed by atoms with E-state index in [0.29, 0.717) is 11.8 Å². The van der Waals surface area contributed by atoms with Crippen molar-refractivity contribution >= 4 is 9.84 Å². The first-order chi connectivity index (χ1) is 11.0. The summed E-state index contributed by atoms with van der Waals surface area (Å²) < 4.78 is 26.1. The molecule has 4 saturated carbocycles. The van der Waals surface area contributed by atoms with E-state index in [1.165, 1.54) is 6.42 Å². The Balaban J connectivity index is 1.82. The molecule has 120 valence electrons. The first kappa shape index (κ1) is 15.0. The van der Waals surface area contributed by atoms with Crippen molar-refractivity contribution in [2.45, 2.75) is 43.9 Å². The van der Waals surface area contributed by atoms with E-state index in [4.69, 9.17) is 6.57 Å². The van der Waals surface area contributed by atoms with Crippen LogP contribution in [0.4, 0.5) is 0 Å². The van der Waals surface area contributed by atoms with Crippen LogP contribution in [0.3, 0.4) is 0 Å². The summed E-state index contributed by atoms with van der Waals surface area (Å²) in [6.45, 7) is 9.51.